The minimum absolute atomic E-state index is 0.0632. The quantitative estimate of drug-likeness (QED) is 0.645. The van der Waals surface area contributed by atoms with Crippen molar-refractivity contribution in [1.82, 2.24) is 10.2 Å². The van der Waals surface area contributed by atoms with E-state index in [4.69, 9.17) is 0 Å². The Balaban J connectivity index is 2.26. The van der Waals surface area contributed by atoms with E-state index in [9.17, 15) is 10.1 Å². The van der Waals surface area contributed by atoms with Crippen LogP contribution in [0.2, 0.25) is 0 Å². The smallest absolute Gasteiger partial charge is 0.272 e. The summed E-state index contributed by atoms with van der Waals surface area (Å²) in [6.07, 6.45) is 0. The van der Waals surface area contributed by atoms with Crippen molar-refractivity contribution in [2.75, 3.05) is 30.9 Å². The monoisotopic (exact) mass is 325 g/mol. The van der Waals surface area contributed by atoms with Gasteiger partial charge in [0.05, 0.1) is 4.92 Å². The number of benzene rings is 1. The Kier molecular flexibility index (Phi) is 4.97. The van der Waals surface area contributed by atoms with E-state index in [1.165, 1.54) is 29.2 Å². The molecule has 9 heteroatoms. The molecule has 0 saturated heterocycles. The minimum Gasteiger partial charge on any atom is -0.385 e. The molecule has 7 nitrogen and oxygen atoms in total. The Morgan fingerprint density at radius 3 is 2.71 bits per heavy atom. The molecular formula is C12H15N5O2S2. The summed E-state index contributed by atoms with van der Waals surface area (Å²) < 4.78 is 0.752. The number of anilines is 2. The third kappa shape index (κ3) is 4.05. The van der Waals surface area contributed by atoms with Crippen molar-refractivity contribution in [2.45, 2.75) is 16.2 Å². The summed E-state index contributed by atoms with van der Waals surface area (Å²) in [7, 11) is 3.79. The maximum atomic E-state index is 11.0. The van der Waals surface area contributed by atoms with Crippen LogP contribution >= 0.6 is 23.1 Å². The number of nitro groups is 1. The van der Waals surface area contributed by atoms with Crippen molar-refractivity contribution >= 4 is 39.6 Å². The molecular weight excluding hydrogens is 310 g/mol. The Morgan fingerprint density at radius 2 is 2.14 bits per heavy atom. The van der Waals surface area contributed by atoms with Crippen molar-refractivity contribution in [3.63, 3.8) is 0 Å². The Labute approximate surface area is 130 Å². The van der Waals surface area contributed by atoms with Crippen LogP contribution in [0.5, 0.6) is 0 Å². The molecule has 2 aromatic rings. The Morgan fingerprint density at radius 1 is 1.38 bits per heavy atom. The molecule has 0 aliphatic carbocycles. The van der Waals surface area contributed by atoms with Gasteiger partial charge in [0, 0.05) is 43.4 Å². The highest BCUT2D eigenvalue weighted by molar-refractivity contribution is 8.01. The number of non-ortho nitro benzene ring substituents is 1. The molecule has 1 aromatic carbocycles. The molecule has 0 aliphatic heterocycles. The molecule has 0 radical (unpaired) electrons. The Bertz CT molecular complexity index is 644. The number of rotatable bonds is 6. The second kappa shape index (κ2) is 6.72. The van der Waals surface area contributed by atoms with Crippen molar-refractivity contribution in [3.05, 3.63) is 28.3 Å². The number of nitrogens with zero attached hydrogens (tertiary/aromatic N) is 4. The average Bonchev–Trinajstić information content (AvgIpc) is 2.87. The number of nitrogens with one attached hydrogen (secondary N) is 1. The van der Waals surface area contributed by atoms with Crippen LogP contribution in [0, 0.1) is 10.1 Å². The van der Waals surface area contributed by atoms with E-state index < -0.39 is 4.92 Å². The molecule has 0 unspecified atom stereocenters. The van der Waals surface area contributed by atoms with Gasteiger partial charge >= 0.3 is 0 Å². The standard InChI is InChI=1S/C12H15N5O2S2/c1-4-13-8-5-9(17(18)19)7-10(6-8)20-12-15-14-11(21-12)16(2)3/h5-7,13H,4H2,1-3H3. The molecule has 2 rings (SSSR count). The van der Waals surface area contributed by atoms with E-state index in [1.807, 2.05) is 32.0 Å². The van der Waals surface area contributed by atoms with Crippen molar-refractivity contribution in [3.8, 4) is 0 Å². The van der Waals surface area contributed by atoms with Crippen LogP contribution in [0.15, 0.2) is 27.4 Å². The zero-order valence-electron chi connectivity index (χ0n) is 11.9. The van der Waals surface area contributed by atoms with E-state index in [2.05, 4.69) is 15.5 Å². The van der Waals surface area contributed by atoms with E-state index >= 15 is 0 Å². The van der Waals surface area contributed by atoms with Crippen LogP contribution in [-0.2, 0) is 0 Å². The SMILES string of the molecule is CCNc1cc(Sc2nnc(N(C)C)s2)cc([N+](=O)[O-])c1. The van der Waals surface area contributed by atoms with Crippen LogP contribution in [0.3, 0.4) is 0 Å². The van der Waals surface area contributed by atoms with Crippen molar-refractivity contribution in [1.29, 1.82) is 0 Å². The highest BCUT2D eigenvalue weighted by atomic mass is 32.2. The molecule has 0 bridgehead atoms. The lowest BCUT2D eigenvalue weighted by molar-refractivity contribution is -0.385. The number of nitro benzene ring substituents is 1. The molecule has 0 fully saturated rings. The van der Waals surface area contributed by atoms with Gasteiger partial charge in [0.15, 0.2) is 4.34 Å². The first-order valence-corrected chi connectivity index (χ1v) is 7.85. The second-order valence-corrected chi connectivity index (χ2v) is 6.63. The van der Waals surface area contributed by atoms with Gasteiger partial charge in [-0.05, 0) is 13.0 Å². The first-order valence-electron chi connectivity index (χ1n) is 6.21. The number of hydrogen-bond donors (Lipinski definition) is 1. The van der Waals surface area contributed by atoms with Crippen molar-refractivity contribution < 1.29 is 4.92 Å². The van der Waals surface area contributed by atoms with Gasteiger partial charge in [-0.1, -0.05) is 23.1 Å². The van der Waals surface area contributed by atoms with Crippen LogP contribution in [0.4, 0.5) is 16.5 Å². The summed E-state index contributed by atoms with van der Waals surface area (Å²) in [5.74, 6) is 0. The predicted octanol–water partition coefficient (Wildman–Crippen LogP) is 3.10. The fourth-order valence-electron chi connectivity index (χ4n) is 1.58. The van der Waals surface area contributed by atoms with E-state index in [1.54, 1.807) is 6.07 Å². The fourth-order valence-corrected chi connectivity index (χ4v) is 3.41. The Hall–Kier alpha value is -1.87. The molecule has 1 heterocycles. The zero-order valence-corrected chi connectivity index (χ0v) is 13.5. The molecule has 1 aromatic heterocycles. The lowest BCUT2D eigenvalue weighted by atomic mass is 10.3. The lowest BCUT2D eigenvalue weighted by Crippen LogP contribution is -2.07. The summed E-state index contributed by atoms with van der Waals surface area (Å²) in [5, 5.41) is 23.0. The summed E-state index contributed by atoms with van der Waals surface area (Å²) in [5.41, 5.74) is 0.792. The summed E-state index contributed by atoms with van der Waals surface area (Å²) in [6, 6.07) is 4.94. The second-order valence-electron chi connectivity index (χ2n) is 4.35. The predicted molar refractivity (Wildman–Crippen MR) is 85.6 cm³/mol. The third-order valence-electron chi connectivity index (χ3n) is 2.47. The van der Waals surface area contributed by atoms with Gasteiger partial charge in [0.1, 0.15) is 0 Å². The van der Waals surface area contributed by atoms with Crippen molar-refractivity contribution in [2.24, 2.45) is 0 Å². The molecule has 0 spiro atoms. The average molecular weight is 325 g/mol. The zero-order chi connectivity index (χ0) is 15.4. The summed E-state index contributed by atoms with van der Waals surface area (Å²) >= 11 is 2.82. The van der Waals surface area contributed by atoms with Gasteiger partial charge in [-0.2, -0.15) is 0 Å². The van der Waals surface area contributed by atoms with Crippen LogP contribution in [-0.4, -0.2) is 35.8 Å². The molecule has 0 saturated carbocycles. The highest BCUT2D eigenvalue weighted by Crippen LogP contribution is 2.35. The molecule has 112 valence electrons. The maximum Gasteiger partial charge on any atom is 0.272 e. The largest absolute Gasteiger partial charge is 0.385 e. The van der Waals surface area contributed by atoms with Crippen LogP contribution in [0.1, 0.15) is 6.92 Å². The fraction of sp³-hybridized carbons (Fsp3) is 0.333. The third-order valence-corrected chi connectivity index (χ3v) is 4.58. The highest BCUT2D eigenvalue weighted by Gasteiger charge is 2.13. The van der Waals surface area contributed by atoms with Crippen LogP contribution in [0.25, 0.3) is 0 Å². The number of hydrogen-bond acceptors (Lipinski definition) is 8. The summed E-state index contributed by atoms with van der Waals surface area (Å²) in [6.45, 7) is 2.65. The van der Waals surface area contributed by atoms with Gasteiger partial charge in [-0.15, -0.1) is 10.2 Å². The molecule has 0 atom stereocenters. The molecule has 1 N–H and O–H groups in total. The summed E-state index contributed by atoms with van der Waals surface area (Å²) in [4.78, 5) is 13.2. The lowest BCUT2D eigenvalue weighted by Gasteiger charge is -2.06. The van der Waals surface area contributed by atoms with Gasteiger partial charge < -0.3 is 10.2 Å². The minimum atomic E-state index is -0.393. The van der Waals surface area contributed by atoms with E-state index in [0.717, 1.165) is 20.1 Å². The first kappa shape index (κ1) is 15.5. The number of aromatic nitrogens is 2. The molecule has 0 aliphatic rings. The normalized spacial score (nSPS) is 10.4. The van der Waals surface area contributed by atoms with Gasteiger partial charge in [0.2, 0.25) is 5.13 Å². The first-order chi connectivity index (χ1) is 9.99. The van der Waals surface area contributed by atoms with Gasteiger partial charge in [-0.3, -0.25) is 10.1 Å². The topological polar surface area (TPSA) is 84.2 Å². The van der Waals surface area contributed by atoms with Crippen LogP contribution < -0.4 is 10.2 Å². The maximum absolute atomic E-state index is 11.0. The van der Waals surface area contributed by atoms with E-state index in [-0.39, 0.29) is 5.69 Å². The molecule has 21 heavy (non-hydrogen) atoms. The van der Waals surface area contributed by atoms with Gasteiger partial charge in [0.25, 0.3) is 5.69 Å². The van der Waals surface area contributed by atoms with Gasteiger partial charge in [-0.25, -0.2) is 0 Å². The van der Waals surface area contributed by atoms with E-state index in [0.29, 0.717) is 6.54 Å². The molecule has 0 amide bonds.